The summed E-state index contributed by atoms with van der Waals surface area (Å²) >= 11 is 0. The van der Waals surface area contributed by atoms with Gasteiger partial charge in [0.1, 0.15) is 61.3 Å². The first kappa shape index (κ1) is 106. The number of aromatic nitrogens is 2. The topological polar surface area (TPSA) is 577 Å². The molecule has 8 heterocycles. The Balaban J connectivity index is 0.505. The number of carbonyl (C=O) groups is 11. The second-order valence-corrected chi connectivity index (χ2v) is 35.1. The molecule has 764 valence electrons. The minimum absolute atomic E-state index is 0.0323. The molecule has 4 aliphatic carbocycles. The van der Waals surface area contributed by atoms with Crippen molar-refractivity contribution in [3.05, 3.63) is 103 Å². The van der Waals surface area contributed by atoms with Gasteiger partial charge in [0.2, 0.25) is 41.7 Å². The molecule has 139 heavy (non-hydrogen) atoms. The predicted molar refractivity (Wildman–Crippen MR) is 477 cm³/mol. The second-order valence-electron chi connectivity index (χ2n) is 35.1. The molecule has 3 saturated carbocycles. The number of rotatable bonds is 61. The first-order valence-corrected chi connectivity index (χ1v) is 46.9. The predicted octanol–water partition coefficient (Wildman–Crippen LogP) is -1.17. The molecule has 14 rings (SSSR count). The lowest BCUT2D eigenvalue weighted by atomic mass is 9.39. The van der Waals surface area contributed by atoms with Crippen molar-refractivity contribution in [2.75, 3.05) is 185 Å². The largest absolute Gasteiger partial charge is 0.479 e. The van der Waals surface area contributed by atoms with Gasteiger partial charge in [0.05, 0.1) is 218 Å². The number of nitrogens with zero attached hydrogens (tertiary/aromatic N) is 3. The van der Waals surface area contributed by atoms with Gasteiger partial charge in [0.25, 0.3) is 17.4 Å². The number of esters is 1. The lowest BCUT2D eigenvalue weighted by Gasteiger charge is -2.68. The zero-order chi connectivity index (χ0) is 98.8. The number of cyclic esters (lactones) is 1. The lowest BCUT2D eigenvalue weighted by Crippen LogP contribution is -2.78. The fourth-order valence-corrected chi connectivity index (χ4v) is 18.3. The summed E-state index contributed by atoms with van der Waals surface area (Å²) in [6, 6.07) is 4.05. The van der Waals surface area contributed by atoms with Gasteiger partial charge in [0.15, 0.2) is 11.7 Å². The van der Waals surface area contributed by atoms with Crippen LogP contribution in [0, 0.1) is 18.2 Å². The maximum Gasteiger partial charge on any atom is 0.407 e. The van der Waals surface area contributed by atoms with E-state index in [0.717, 1.165) is 22.6 Å². The van der Waals surface area contributed by atoms with Crippen LogP contribution < -0.4 is 47.5 Å². The molecule has 46 heteroatoms. The van der Waals surface area contributed by atoms with Gasteiger partial charge < -0.3 is 153 Å². The average molecular weight is 1960 g/mol. The molecule has 10 aliphatic rings. The van der Waals surface area contributed by atoms with Crippen molar-refractivity contribution in [1.82, 2.24) is 51.7 Å². The molecule has 2 aromatic carbocycles. The number of carbonyl (C=O) groups excluding carboxylic acids is 10. The number of imide groups is 1. The Morgan fingerprint density at radius 2 is 1.19 bits per heavy atom. The first-order chi connectivity index (χ1) is 67.1. The molecular formula is C93H125FN10O35. The summed E-state index contributed by atoms with van der Waals surface area (Å²) in [6.07, 6.45) is -9.53. The van der Waals surface area contributed by atoms with Crippen LogP contribution in [0.15, 0.2) is 47.3 Å². The molecule has 6 fully saturated rings. The van der Waals surface area contributed by atoms with Crippen molar-refractivity contribution >= 4 is 76.2 Å². The molecule has 3 saturated heterocycles. The van der Waals surface area contributed by atoms with Gasteiger partial charge in [-0.05, 0) is 98.7 Å². The minimum Gasteiger partial charge on any atom is -0.479 e. The van der Waals surface area contributed by atoms with E-state index < -0.39 is 162 Å². The van der Waals surface area contributed by atoms with Crippen LogP contribution in [0.5, 0.6) is 5.75 Å². The molecule has 4 aromatic rings. The van der Waals surface area contributed by atoms with E-state index in [1.807, 2.05) is 0 Å². The number of methoxy groups -OCH3 is 1. The Kier molecular flexibility index (Phi) is 38.8. The summed E-state index contributed by atoms with van der Waals surface area (Å²) in [5, 5.41) is 73.9. The van der Waals surface area contributed by atoms with Crippen molar-refractivity contribution in [3.63, 3.8) is 0 Å². The van der Waals surface area contributed by atoms with Crippen LogP contribution in [0.2, 0.25) is 0 Å². The molecule has 12 N–H and O–H groups in total. The summed E-state index contributed by atoms with van der Waals surface area (Å²) < 4.78 is 117. The number of carboxylic acids is 1. The molecule has 0 unspecified atom stereocenters. The van der Waals surface area contributed by atoms with Crippen LogP contribution in [0.25, 0.3) is 22.3 Å². The van der Waals surface area contributed by atoms with Crippen molar-refractivity contribution < 1.29 is 168 Å². The Bertz CT molecular complexity index is 5050. The number of aliphatic hydroxyl groups excluding tert-OH is 3. The number of aliphatic hydroxyl groups is 4. The third-order valence-corrected chi connectivity index (χ3v) is 25.6. The molecular weight excluding hydrogens is 1840 g/mol. The number of benzene rings is 2. The zero-order valence-corrected chi connectivity index (χ0v) is 78.0. The van der Waals surface area contributed by atoms with Gasteiger partial charge >= 0.3 is 18.0 Å². The number of pyridine rings is 2. The number of alkyl carbamates (subject to hydrolysis) is 1. The molecule has 0 spiro atoms. The van der Waals surface area contributed by atoms with E-state index in [1.54, 1.807) is 27.0 Å². The van der Waals surface area contributed by atoms with E-state index in [1.165, 1.54) is 28.8 Å². The standard InChI is InChI=1S/C93H125FN10O35/c1-4-93(121)60-43-67-77-58(46-104(67)85(115)59(60)48-136-89(93)119)76-62(10-9-57-54(2)61(94)44-64(100-77)75(57)76)101-88(118)91-51-92(52-91,53-91)102-90(120)137-47-55-8-11-68(138-87-80(113)78(111)79(112)83(139-87)86(116)117)56(42-55)45-96-69(105)14-17-95-84(114)63(97-71(107)15-18-103-73(109)12-13-74(103)110)6-5-7-70(106)98-65-49-134-82-66(50-135-81(65)82)99-72(108)16-19-123-22-23-125-26-27-127-30-31-129-34-35-131-38-39-133-41-40-132-37-36-130-33-32-128-29-28-126-25-24-124-21-20-122-3/h8,11-13,42-44,62-63,65-66,78-83,87,111-113,121H,4-7,9-10,14-41,45-53H2,1-3H3,(H,95,114)(H,96,105)(H,97,107)(H,98,106)(H,99,108)(H,101,118)(H,102,120)(H,116,117)/t62-,63-,65-,66-,78-,79-,80+,81+,82+,83-,87+,91?,92?,93-/m0/s1. The highest BCUT2D eigenvalue weighted by atomic mass is 19.1. The van der Waals surface area contributed by atoms with Crippen LogP contribution >= 0.6 is 0 Å². The summed E-state index contributed by atoms with van der Waals surface area (Å²) in [5.41, 5.74) is -0.197. The van der Waals surface area contributed by atoms with Gasteiger partial charge in [-0.1, -0.05) is 13.0 Å². The zero-order valence-electron chi connectivity index (χ0n) is 78.0. The Morgan fingerprint density at radius 3 is 1.76 bits per heavy atom. The number of carboxylic acid groups (broad SMARTS) is 1. The van der Waals surface area contributed by atoms with Gasteiger partial charge in [-0.3, -0.25) is 48.1 Å². The van der Waals surface area contributed by atoms with Crippen molar-refractivity contribution in [2.45, 2.75) is 195 Å². The monoisotopic (exact) mass is 1960 g/mol. The van der Waals surface area contributed by atoms with Crippen molar-refractivity contribution in [2.24, 2.45) is 5.41 Å². The third-order valence-electron chi connectivity index (χ3n) is 25.6. The molecule has 0 radical (unpaired) electrons. The maximum atomic E-state index is 15.7. The number of ether oxygens (including phenoxy) is 18. The number of hydrogen-bond donors (Lipinski definition) is 12. The quantitative estimate of drug-likeness (QED) is 0.0124. The lowest BCUT2D eigenvalue weighted by molar-refractivity contribution is -0.271. The molecule has 6 aliphatic heterocycles. The van der Waals surface area contributed by atoms with E-state index in [2.05, 4.69) is 37.2 Å². The molecule has 2 aromatic heterocycles. The fourth-order valence-electron chi connectivity index (χ4n) is 18.3. The number of amides is 9. The van der Waals surface area contributed by atoms with Gasteiger partial charge in [-0.25, -0.2) is 23.8 Å². The van der Waals surface area contributed by atoms with Crippen LogP contribution in [0.4, 0.5) is 9.18 Å². The average Bonchev–Trinajstić information content (AvgIpc) is 1.26. The Hall–Kier alpha value is -10.3. The first-order valence-electron chi connectivity index (χ1n) is 46.9. The second kappa shape index (κ2) is 50.9. The Labute approximate surface area is 799 Å². The minimum atomic E-state index is -2.09. The van der Waals surface area contributed by atoms with E-state index in [-0.39, 0.29) is 158 Å². The summed E-state index contributed by atoms with van der Waals surface area (Å²) in [5.74, 6) is -7.66. The number of halogens is 1. The molecule has 45 nitrogen and oxygen atoms in total. The molecule has 9 amide bonds. The highest BCUT2D eigenvalue weighted by Gasteiger charge is 2.72. The van der Waals surface area contributed by atoms with Gasteiger partial charge in [-0.2, -0.15) is 0 Å². The fraction of sp³-hybridized carbons (Fsp3) is 0.645. The third kappa shape index (κ3) is 27.3. The highest BCUT2D eigenvalue weighted by Crippen LogP contribution is 2.67. The maximum absolute atomic E-state index is 15.7. The van der Waals surface area contributed by atoms with Crippen LogP contribution in [-0.2, 0) is 167 Å². The smallest absolute Gasteiger partial charge is 0.407 e. The van der Waals surface area contributed by atoms with Crippen LogP contribution in [0.1, 0.15) is 128 Å². The van der Waals surface area contributed by atoms with Crippen molar-refractivity contribution in [1.29, 1.82) is 0 Å². The van der Waals surface area contributed by atoms with E-state index in [0.29, 0.717) is 190 Å². The van der Waals surface area contributed by atoms with Gasteiger partial charge in [0, 0.05) is 98.3 Å². The van der Waals surface area contributed by atoms with Crippen molar-refractivity contribution in [3.8, 4) is 17.1 Å². The summed E-state index contributed by atoms with van der Waals surface area (Å²) in [6.45, 7) is 11.3. The van der Waals surface area contributed by atoms with Crippen LogP contribution in [0.3, 0.4) is 0 Å². The normalized spacial score (nSPS) is 24.1. The summed E-state index contributed by atoms with van der Waals surface area (Å²) in [4.78, 5) is 165. The number of nitrogens with one attached hydrogen (secondary N) is 7. The molecule has 12 atom stereocenters. The number of aryl methyl sites for hydroxylation is 1. The number of fused-ring (bicyclic) bond motifs is 6. The highest BCUT2D eigenvalue weighted by molar-refractivity contribution is 6.13. The van der Waals surface area contributed by atoms with E-state index >= 15 is 4.39 Å². The summed E-state index contributed by atoms with van der Waals surface area (Å²) in [7, 11) is 1.63. The molecule has 2 bridgehead atoms. The van der Waals surface area contributed by atoms with Crippen LogP contribution in [-0.4, -0.2) is 357 Å². The van der Waals surface area contributed by atoms with E-state index in [4.69, 9.17) is 90.2 Å². The SMILES string of the molecule is CC[C@@]1(O)C(=O)OCc2c1cc1n(c2=O)Cc2c-1nc1cc(F)c(C)c3c1c2[C@@H](NC(=O)C12CC(NC(=O)OCc4ccc(O[C@@H]5O[C@H](C(=O)O)[C@@H](O)[C@H](O)[C@H]5O)c(CNC(=O)CCNC(=O)[C@H](CCCC(=O)N[C@H]5CO[C@H]6[C@@H]5OC[C@@H]6NC(=O)CCOCCOCCOCCOCCOCCOCCOCCOCCOCCOCCOCCOC)NC(=O)CCN5C(=O)C=CC5=O)c4)(C1)C2)CC3. The van der Waals surface area contributed by atoms with Gasteiger partial charge in [-0.15, -0.1) is 0 Å². The number of aliphatic carboxylic acids is 1. The Morgan fingerprint density at radius 1 is 0.633 bits per heavy atom. The number of hydrogen-bond acceptors (Lipinski definition) is 35. The van der Waals surface area contributed by atoms with E-state index in [9.17, 15) is 83.1 Å².